The summed E-state index contributed by atoms with van der Waals surface area (Å²) < 4.78 is 2.08. The number of hydrogen-bond acceptors (Lipinski definition) is 4. The standard InChI is InChI=1S/C21H26ClN7/c1-15-5-4-11-28-13-16(26-19(15)28)7-10-25-21(23-2)27-17-8-12-29(14-17)20-18(22)6-3-9-24-20/h3-6,9,11,13,17H,7-8,10,12,14H2,1-2H3,(H2,23,25,27). The van der Waals surface area contributed by atoms with Crippen LogP contribution in [0, 0.1) is 6.92 Å². The molecule has 8 heteroatoms. The van der Waals surface area contributed by atoms with Crippen LogP contribution in [0.15, 0.2) is 47.8 Å². The molecule has 0 spiro atoms. The third-order valence-electron chi connectivity index (χ3n) is 5.19. The normalized spacial score (nSPS) is 17.1. The highest BCUT2D eigenvalue weighted by Crippen LogP contribution is 2.25. The molecule has 1 aliphatic heterocycles. The van der Waals surface area contributed by atoms with Crippen molar-refractivity contribution in [3.05, 3.63) is 59.1 Å². The van der Waals surface area contributed by atoms with Crippen molar-refractivity contribution in [2.45, 2.75) is 25.8 Å². The van der Waals surface area contributed by atoms with Gasteiger partial charge in [-0.1, -0.05) is 17.7 Å². The molecule has 0 aromatic carbocycles. The second-order valence-corrected chi connectivity index (χ2v) is 7.70. The van der Waals surface area contributed by atoms with Gasteiger partial charge in [0.05, 0.1) is 10.7 Å². The number of fused-ring (bicyclic) bond motifs is 1. The lowest BCUT2D eigenvalue weighted by atomic mass is 10.3. The second kappa shape index (κ2) is 8.69. The number of nitrogens with one attached hydrogen (secondary N) is 2. The predicted molar refractivity (Wildman–Crippen MR) is 118 cm³/mol. The van der Waals surface area contributed by atoms with Gasteiger partial charge >= 0.3 is 0 Å². The van der Waals surface area contributed by atoms with E-state index in [2.05, 4.69) is 49.1 Å². The van der Waals surface area contributed by atoms with Crippen LogP contribution in [0.25, 0.3) is 5.65 Å². The number of pyridine rings is 2. The summed E-state index contributed by atoms with van der Waals surface area (Å²) in [6.07, 6.45) is 7.75. The van der Waals surface area contributed by atoms with Crippen molar-refractivity contribution in [2.75, 3.05) is 31.6 Å². The Labute approximate surface area is 175 Å². The van der Waals surface area contributed by atoms with Crippen LogP contribution < -0.4 is 15.5 Å². The van der Waals surface area contributed by atoms with E-state index in [1.54, 1.807) is 13.2 Å². The van der Waals surface area contributed by atoms with Gasteiger partial charge in [0.1, 0.15) is 11.5 Å². The first-order chi connectivity index (χ1) is 14.1. The van der Waals surface area contributed by atoms with Gasteiger partial charge in [-0.15, -0.1) is 0 Å². The van der Waals surface area contributed by atoms with Gasteiger partial charge in [-0.25, -0.2) is 9.97 Å². The number of halogens is 1. The Morgan fingerprint density at radius 2 is 2.24 bits per heavy atom. The van der Waals surface area contributed by atoms with Gasteiger partial charge in [0.25, 0.3) is 0 Å². The molecular formula is C21H26ClN7. The highest BCUT2D eigenvalue weighted by molar-refractivity contribution is 6.32. The maximum absolute atomic E-state index is 6.28. The quantitative estimate of drug-likeness (QED) is 0.499. The lowest BCUT2D eigenvalue weighted by Gasteiger charge is -2.20. The van der Waals surface area contributed by atoms with E-state index < -0.39 is 0 Å². The molecular weight excluding hydrogens is 386 g/mol. The molecule has 3 aromatic rings. The molecule has 1 atom stereocenters. The van der Waals surface area contributed by atoms with Gasteiger partial charge in [-0.3, -0.25) is 4.99 Å². The van der Waals surface area contributed by atoms with Crippen molar-refractivity contribution in [1.29, 1.82) is 0 Å². The minimum atomic E-state index is 0.303. The molecule has 1 unspecified atom stereocenters. The third-order valence-corrected chi connectivity index (χ3v) is 5.49. The molecule has 4 heterocycles. The van der Waals surface area contributed by atoms with E-state index in [-0.39, 0.29) is 0 Å². The maximum Gasteiger partial charge on any atom is 0.191 e. The molecule has 0 amide bonds. The van der Waals surface area contributed by atoms with E-state index in [1.807, 2.05) is 24.4 Å². The van der Waals surface area contributed by atoms with Crippen molar-refractivity contribution in [3.8, 4) is 0 Å². The smallest absolute Gasteiger partial charge is 0.191 e. The average molecular weight is 412 g/mol. The number of hydrogen-bond donors (Lipinski definition) is 2. The summed E-state index contributed by atoms with van der Waals surface area (Å²) in [6, 6.07) is 8.16. The van der Waals surface area contributed by atoms with Crippen LogP contribution in [0.5, 0.6) is 0 Å². The highest BCUT2D eigenvalue weighted by atomic mass is 35.5. The molecule has 152 valence electrons. The Hall–Kier alpha value is -2.80. The minimum absolute atomic E-state index is 0.303. The number of rotatable bonds is 5. The fourth-order valence-corrected chi connectivity index (χ4v) is 3.94. The average Bonchev–Trinajstić information content (AvgIpc) is 3.35. The summed E-state index contributed by atoms with van der Waals surface area (Å²) in [4.78, 5) is 15.7. The summed E-state index contributed by atoms with van der Waals surface area (Å²) in [5.74, 6) is 1.66. The lowest BCUT2D eigenvalue weighted by Crippen LogP contribution is -2.45. The van der Waals surface area contributed by atoms with Crippen molar-refractivity contribution in [2.24, 2.45) is 4.99 Å². The van der Waals surface area contributed by atoms with Crippen LogP contribution in [-0.4, -0.2) is 53.1 Å². The summed E-state index contributed by atoms with van der Waals surface area (Å²) in [5, 5.41) is 7.60. The summed E-state index contributed by atoms with van der Waals surface area (Å²) in [5.41, 5.74) is 3.27. The van der Waals surface area contributed by atoms with Crippen molar-refractivity contribution in [1.82, 2.24) is 25.0 Å². The summed E-state index contributed by atoms with van der Waals surface area (Å²) >= 11 is 6.28. The Morgan fingerprint density at radius 1 is 1.34 bits per heavy atom. The number of aromatic nitrogens is 3. The maximum atomic E-state index is 6.28. The van der Waals surface area contributed by atoms with Gasteiger partial charge in [0, 0.05) is 57.7 Å². The first-order valence-corrected chi connectivity index (χ1v) is 10.3. The van der Waals surface area contributed by atoms with Crippen LogP contribution in [0.1, 0.15) is 17.7 Å². The molecule has 4 rings (SSSR count). The van der Waals surface area contributed by atoms with Crippen LogP contribution in [0.4, 0.5) is 5.82 Å². The molecule has 0 aliphatic carbocycles. The van der Waals surface area contributed by atoms with Crippen molar-refractivity contribution >= 4 is 29.0 Å². The second-order valence-electron chi connectivity index (χ2n) is 7.29. The first-order valence-electron chi connectivity index (χ1n) is 9.90. The van der Waals surface area contributed by atoms with Crippen molar-refractivity contribution < 1.29 is 0 Å². The fourth-order valence-electron chi connectivity index (χ4n) is 3.70. The zero-order chi connectivity index (χ0) is 20.2. The number of guanidine groups is 1. The highest BCUT2D eigenvalue weighted by Gasteiger charge is 2.25. The number of aryl methyl sites for hydroxylation is 1. The summed E-state index contributed by atoms with van der Waals surface area (Å²) in [6.45, 7) is 4.62. The van der Waals surface area contributed by atoms with Gasteiger partial charge < -0.3 is 19.9 Å². The molecule has 0 radical (unpaired) electrons. The van der Waals surface area contributed by atoms with Crippen LogP contribution in [0.3, 0.4) is 0 Å². The molecule has 2 N–H and O–H groups in total. The molecule has 1 saturated heterocycles. The molecule has 1 aliphatic rings. The molecule has 29 heavy (non-hydrogen) atoms. The first kappa shape index (κ1) is 19.5. The zero-order valence-corrected chi connectivity index (χ0v) is 17.5. The molecule has 0 bridgehead atoms. The van der Waals surface area contributed by atoms with E-state index in [9.17, 15) is 0 Å². The van der Waals surface area contributed by atoms with E-state index in [0.717, 1.165) is 55.6 Å². The van der Waals surface area contributed by atoms with Crippen LogP contribution in [0.2, 0.25) is 5.02 Å². The van der Waals surface area contributed by atoms with E-state index in [4.69, 9.17) is 16.6 Å². The lowest BCUT2D eigenvalue weighted by molar-refractivity contribution is 0.647. The topological polar surface area (TPSA) is 69.8 Å². The van der Waals surface area contributed by atoms with Gasteiger partial charge in [0.15, 0.2) is 5.96 Å². The Morgan fingerprint density at radius 3 is 3.03 bits per heavy atom. The third kappa shape index (κ3) is 4.45. The Bertz CT molecular complexity index is 1010. The number of anilines is 1. The molecule has 7 nitrogen and oxygen atoms in total. The molecule has 1 fully saturated rings. The van der Waals surface area contributed by atoms with E-state index in [1.165, 1.54) is 5.56 Å². The monoisotopic (exact) mass is 411 g/mol. The minimum Gasteiger partial charge on any atom is -0.356 e. The molecule has 3 aromatic heterocycles. The number of nitrogens with zero attached hydrogens (tertiary/aromatic N) is 5. The fraction of sp³-hybridized carbons (Fsp3) is 0.381. The van der Waals surface area contributed by atoms with E-state index >= 15 is 0 Å². The Balaban J connectivity index is 1.29. The zero-order valence-electron chi connectivity index (χ0n) is 16.8. The number of aliphatic imine (C=N–C) groups is 1. The Kier molecular flexibility index (Phi) is 5.85. The van der Waals surface area contributed by atoms with Crippen LogP contribution in [-0.2, 0) is 6.42 Å². The summed E-state index contributed by atoms with van der Waals surface area (Å²) in [7, 11) is 1.80. The van der Waals surface area contributed by atoms with E-state index in [0.29, 0.717) is 11.1 Å². The van der Waals surface area contributed by atoms with Gasteiger partial charge in [-0.05, 0) is 37.1 Å². The SMILES string of the molecule is CN=C(NCCc1cn2cccc(C)c2n1)NC1CCN(c2ncccc2Cl)C1. The van der Waals surface area contributed by atoms with Gasteiger partial charge in [-0.2, -0.15) is 0 Å². The van der Waals surface area contributed by atoms with Crippen LogP contribution >= 0.6 is 11.6 Å². The number of imidazole rings is 1. The van der Waals surface area contributed by atoms with Gasteiger partial charge in [0.2, 0.25) is 0 Å². The largest absolute Gasteiger partial charge is 0.356 e. The van der Waals surface area contributed by atoms with Crippen molar-refractivity contribution in [3.63, 3.8) is 0 Å². The molecule has 0 saturated carbocycles. The predicted octanol–water partition coefficient (Wildman–Crippen LogP) is 2.68.